The van der Waals surface area contributed by atoms with Crippen LogP contribution in [0.3, 0.4) is 0 Å². The van der Waals surface area contributed by atoms with Gasteiger partial charge >= 0.3 is 0 Å². The highest BCUT2D eigenvalue weighted by Gasteiger charge is 2.12. The van der Waals surface area contributed by atoms with E-state index in [0.29, 0.717) is 10.6 Å². The van der Waals surface area contributed by atoms with Crippen molar-refractivity contribution in [2.75, 3.05) is 0 Å². The Bertz CT molecular complexity index is 485. The minimum Gasteiger partial charge on any atom is -0.454 e. The first-order valence-electron chi connectivity index (χ1n) is 3.48. The van der Waals surface area contributed by atoms with E-state index in [-0.39, 0.29) is 4.84 Å². The van der Waals surface area contributed by atoms with Gasteiger partial charge in [0.05, 0.1) is 5.56 Å². The summed E-state index contributed by atoms with van der Waals surface area (Å²) in [5.74, 6) is 1.18. The van der Waals surface area contributed by atoms with E-state index in [0.717, 1.165) is 11.3 Å². The van der Waals surface area contributed by atoms with E-state index in [4.69, 9.17) is 21.1 Å². The van der Waals surface area contributed by atoms with Crippen molar-refractivity contribution in [2.24, 2.45) is 0 Å². The summed E-state index contributed by atoms with van der Waals surface area (Å²) in [6.45, 7) is 1.83. The predicted octanol–water partition coefficient (Wildman–Crippen LogP) is 3.06. The summed E-state index contributed by atoms with van der Waals surface area (Å²) in [6.07, 6.45) is 0. The van der Waals surface area contributed by atoms with Crippen LogP contribution in [-0.2, 0) is 0 Å². The number of halogens is 1. The number of furan rings is 1. The van der Waals surface area contributed by atoms with Crippen LogP contribution in [0, 0.1) is 11.8 Å². The molecule has 0 bridgehead atoms. The first-order valence-corrected chi connectivity index (χ1v) is 4.69. The van der Waals surface area contributed by atoms with Gasteiger partial charge in [-0.15, -0.1) is 5.10 Å². The predicted molar refractivity (Wildman–Crippen MR) is 51.8 cm³/mol. The average Bonchev–Trinajstić information content (AvgIpc) is 2.58. The first-order chi connectivity index (χ1) is 6.16. The highest BCUT2D eigenvalue weighted by Crippen LogP contribution is 2.27. The number of nitrogens with one attached hydrogen (secondary N) is 1. The summed E-state index contributed by atoms with van der Waals surface area (Å²) >= 11 is 7.97. The van der Waals surface area contributed by atoms with Crippen molar-refractivity contribution in [2.45, 2.75) is 6.92 Å². The molecule has 0 saturated heterocycles. The zero-order valence-electron chi connectivity index (χ0n) is 6.63. The summed E-state index contributed by atoms with van der Waals surface area (Å²) in [6, 6.07) is 1.78. The van der Waals surface area contributed by atoms with Gasteiger partial charge in [0, 0.05) is 6.07 Å². The van der Waals surface area contributed by atoms with Gasteiger partial charge in [-0.05, 0) is 35.1 Å². The number of aryl methyl sites for hydroxylation is 1. The zero-order valence-corrected chi connectivity index (χ0v) is 9.03. The van der Waals surface area contributed by atoms with Crippen LogP contribution in [0.25, 0.3) is 11.5 Å². The fraction of sp³-hybridized carbons (Fsp3) is 0.143. The van der Waals surface area contributed by atoms with Gasteiger partial charge in [-0.3, -0.25) is 0 Å². The van der Waals surface area contributed by atoms with Gasteiger partial charge in [0.1, 0.15) is 5.76 Å². The third-order valence-corrected chi connectivity index (χ3v) is 2.12. The summed E-state index contributed by atoms with van der Waals surface area (Å²) in [7, 11) is 0. The van der Waals surface area contributed by atoms with Gasteiger partial charge < -0.3 is 8.83 Å². The Kier molecular flexibility index (Phi) is 2.09. The lowest BCUT2D eigenvalue weighted by Crippen LogP contribution is -1.76. The molecule has 2 aromatic rings. The third kappa shape index (κ3) is 1.59. The Hall–Kier alpha value is -0.880. The van der Waals surface area contributed by atoms with Gasteiger partial charge in [0.25, 0.3) is 4.84 Å². The van der Waals surface area contributed by atoms with Crippen LogP contribution >= 0.6 is 28.1 Å². The van der Waals surface area contributed by atoms with E-state index in [9.17, 15) is 0 Å². The molecule has 4 nitrogen and oxygen atoms in total. The molecule has 0 aliphatic heterocycles. The molecule has 2 rings (SSSR count). The molecule has 2 heterocycles. The van der Waals surface area contributed by atoms with E-state index in [2.05, 4.69) is 26.1 Å². The fourth-order valence-electron chi connectivity index (χ4n) is 1.00. The Morgan fingerprint density at radius 1 is 1.54 bits per heavy atom. The van der Waals surface area contributed by atoms with Crippen LogP contribution < -0.4 is 0 Å². The Morgan fingerprint density at radius 3 is 2.77 bits per heavy atom. The number of aromatic nitrogens is 2. The lowest BCUT2D eigenvalue weighted by atomic mass is 10.3. The van der Waals surface area contributed by atoms with E-state index < -0.39 is 0 Å². The van der Waals surface area contributed by atoms with Gasteiger partial charge in [0.2, 0.25) is 5.89 Å². The highest BCUT2D eigenvalue weighted by molar-refractivity contribution is 9.10. The molecule has 0 amide bonds. The molecule has 0 spiro atoms. The second-order valence-electron chi connectivity index (χ2n) is 2.44. The standard InChI is InChI=1S/C7H5BrN2O2S/c1-3-4(2-5(8)11-3)6-9-10-7(13)12-6/h2H,1H3,(H,10,13). The SMILES string of the molecule is Cc1oc(Br)cc1-c1n[nH]c(=S)o1. The minimum atomic E-state index is 0.256. The normalized spacial score (nSPS) is 10.6. The molecule has 0 atom stereocenters. The van der Waals surface area contributed by atoms with E-state index >= 15 is 0 Å². The topological polar surface area (TPSA) is 55.0 Å². The Labute approximate surface area is 87.1 Å². The van der Waals surface area contributed by atoms with Crippen LogP contribution in [0.5, 0.6) is 0 Å². The van der Waals surface area contributed by atoms with Crippen molar-refractivity contribution in [1.82, 2.24) is 10.2 Å². The van der Waals surface area contributed by atoms with Gasteiger partial charge in [0.15, 0.2) is 4.67 Å². The number of aromatic amines is 1. The lowest BCUT2D eigenvalue weighted by molar-refractivity contribution is 0.507. The molecule has 68 valence electrons. The first kappa shape index (κ1) is 8.71. The smallest absolute Gasteiger partial charge is 0.284 e. The van der Waals surface area contributed by atoms with Crippen LogP contribution in [0.1, 0.15) is 5.76 Å². The number of nitrogens with zero attached hydrogens (tertiary/aromatic N) is 1. The maximum atomic E-state index is 5.25. The van der Waals surface area contributed by atoms with Crippen molar-refractivity contribution >= 4 is 28.1 Å². The molecule has 0 radical (unpaired) electrons. The maximum absolute atomic E-state index is 5.25. The molecular weight excluding hydrogens is 256 g/mol. The molecule has 13 heavy (non-hydrogen) atoms. The summed E-state index contributed by atoms with van der Waals surface area (Å²) in [5, 5.41) is 6.43. The molecule has 0 saturated carbocycles. The monoisotopic (exact) mass is 260 g/mol. The van der Waals surface area contributed by atoms with Crippen LogP contribution in [0.2, 0.25) is 0 Å². The van der Waals surface area contributed by atoms with Crippen molar-refractivity contribution < 1.29 is 8.83 Å². The molecule has 0 aliphatic rings. The fourth-order valence-corrected chi connectivity index (χ4v) is 1.60. The summed E-state index contributed by atoms with van der Waals surface area (Å²) in [4.78, 5) is 0.256. The molecule has 6 heteroatoms. The van der Waals surface area contributed by atoms with E-state index in [1.54, 1.807) is 6.07 Å². The van der Waals surface area contributed by atoms with Crippen LogP contribution in [-0.4, -0.2) is 10.2 Å². The number of hydrogen-bond donors (Lipinski definition) is 1. The Balaban J connectivity index is 2.57. The van der Waals surface area contributed by atoms with Crippen molar-refractivity contribution in [3.8, 4) is 11.5 Å². The summed E-state index contributed by atoms with van der Waals surface area (Å²) < 4.78 is 11.0. The van der Waals surface area contributed by atoms with Gasteiger partial charge in [-0.1, -0.05) is 0 Å². The Morgan fingerprint density at radius 2 is 2.31 bits per heavy atom. The van der Waals surface area contributed by atoms with Crippen molar-refractivity contribution in [3.63, 3.8) is 0 Å². The molecule has 0 fully saturated rings. The number of rotatable bonds is 1. The third-order valence-electron chi connectivity index (χ3n) is 1.56. The molecular formula is C7H5BrN2O2S. The van der Waals surface area contributed by atoms with Crippen LogP contribution in [0.4, 0.5) is 0 Å². The minimum absolute atomic E-state index is 0.256. The molecule has 2 aromatic heterocycles. The van der Waals surface area contributed by atoms with E-state index in [1.165, 1.54) is 0 Å². The van der Waals surface area contributed by atoms with Gasteiger partial charge in [-0.2, -0.15) is 0 Å². The van der Waals surface area contributed by atoms with Crippen molar-refractivity contribution in [1.29, 1.82) is 0 Å². The largest absolute Gasteiger partial charge is 0.454 e. The molecule has 0 unspecified atom stereocenters. The maximum Gasteiger partial charge on any atom is 0.284 e. The number of H-pyrrole nitrogens is 1. The van der Waals surface area contributed by atoms with Crippen molar-refractivity contribution in [3.05, 3.63) is 21.3 Å². The second kappa shape index (κ2) is 3.12. The van der Waals surface area contributed by atoms with Crippen LogP contribution in [0.15, 0.2) is 19.6 Å². The molecule has 1 N–H and O–H groups in total. The molecule has 0 aliphatic carbocycles. The van der Waals surface area contributed by atoms with E-state index in [1.807, 2.05) is 6.92 Å². The quantitative estimate of drug-likeness (QED) is 0.801. The summed E-state index contributed by atoms with van der Waals surface area (Å²) in [5.41, 5.74) is 0.791. The second-order valence-corrected chi connectivity index (χ2v) is 3.59. The lowest BCUT2D eigenvalue weighted by Gasteiger charge is -1.87. The van der Waals surface area contributed by atoms with Gasteiger partial charge in [-0.25, -0.2) is 5.10 Å². The average molecular weight is 261 g/mol. The zero-order chi connectivity index (χ0) is 9.42. The highest BCUT2D eigenvalue weighted by atomic mass is 79.9. The number of hydrogen-bond acceptors (Lipinski definition) is 4. The molecule has 0 aromatic carbocycles.